The molecule has 0 aromatic heterocycles. The van der Waals surface area contributed by atoms with Crippen molar-refractivity contribution in [2.24, 2.45) is 5.92 Å². The molecule has 0 aromatic carbocycles. The van der Waals surface area contributed by atoms with Crippen molar-refractivity contribution in [1.82, 2.24) is 4.90 Å². The highest BCUT2D eigenvalue weighted by molar-refractivity contribution is 5.15. The Morgan fingerprint density at radius 2 is 2.17 bits per heavy atom. The Balaban J connectivity index is 2.86. The number of rotatable bonds is 2. The smallest absolute Gasteiger partial charge is 0.0267 e. The molecule has 0 saturated carbocycles. The fourth-order valence-corrected chi connectivity index (χ4v) is 2.56. The van der Waals surface area contributed by atoms with Gasteiger partial charge in [-0.25, -0.2) is 0 Å². The lowest BCUT2D eigenvalue weighted by molar-refractivity contribution is 0.110. The van der Waals surface area contributed by atoms with Crippen LogP contribution >= 0.6 is 0 Å². The van der Waals surface area contributed by atoms with E-state index in [4.69, 9.17) is 0 Å². The third-order valence-electron chi connectivity index (χ3n) is 3.46. The van der Waals surface area contributed by atoms with E-state index in [0.29, 0.717) is 5.54 Å². The van der Waals surface area contributed by atoms with Crippen molar-refractivity contribution in [3.63, 3.8) is 0 Å². The summed E-state index contributed by atoms with van der Waals surface area (Å²) in [5.41, 5.74) is 1.80. The zero-order valence-electron chi connectivity index (χ0n) is 8.85. The molecule has 1 fully saturated rings. The highest BCUT2D eigenvalue weighted by atomic mass is 15.2. The summed E-state index contributed by atoms with van der Waals surface area (Å²) in [6.45, 7) is 12.1. The molecule has 1 atom stereocenters. The topological polar surface area (TPSA) is 3.24 Å². The van der Waals surface area contributed by atoms with E-state index in [1.54, 1.807) is 0 Å². The predicted molar refractivity (Wildman–Crippen MR) is 54.2 cm³/mol. The van der Waals surface area contributed by atoms with Gasteiger partial charge >= 0.3 is 0 Å². The molecule has 1 heteroatoms. The predicted octanol–water partition coefficient (Wildman–Crippen LogP) is 2.68. The van der Waals surface area contributed by atoms with Crippen LogP contribution in [0.4, 0.5) is 0 Å². The molecule has 0 spiro atoms. The molecule has 0 bridgehead atoms. The number of hydrogen-bond donors (Lipinski definition) is 0. The van der Waals surface area contributed by atoms with Crippen molar-refractivity contribution in [1.29, 1.82) is 0 Å². The van der Waals surface area contributed by atoms with Crippen LogP contribution in [-0.2, 0) is 0 Å². The van der Waals surface area contributed by atoms with Gasteiger partial charge in [-0.1, -0.05) is 32.9 Å². The molecule has 0 aromatic rings. The monoisotopic (exact) mass is 167 g/mol. The minimum absolute atomic E-state index is 0.400. The summed E-state index contributed by atoms with van der Waals surface area (Å²) in [6, 6.07) is 0. The van der Waals surface area contributed by atoms with E-state index in [1.165, 1.54) is 18.4 Å². The summed E-state index contributed by atoms with van der Waals surface area (Å²) in [7, 11) is 2.22. The lowest BCUT2D eigenvalue weighted by Gasteiger charge is -2.39. The summed E-state index contributed by atoms with van der Waals surface area (Å²) in [6.07, 6.45) is 2.43. The number of likely N-dealkylation sites (N-methyl/N-ethyl adjacent to an activating group) is 1. The molecule has 12 heavy (non-hydrogen) atoms. The van der Waals surface area contributed by atoms with Crippen LogP contribution in [0.5, 0.6) is 0 Å². The second kappa shape index (κ2) is 3.21. The van der Waals surface area contributed by atoms with Crippen LogP contribution in [0.25, 0.3) is 0 Å². The van der Waals surface area contributed by atoms with Gasteiger partial charge in [0.2, 0.25) is 0 Å². The van der Waals surface area contributed by atoms with E-state index in [9.17, 15) is 0 Å². The van der Waals surface area contributed by atoms with Gasteiger partial charge in [-0.05, 0) is 25.8 Å². The van der Waals surface area contributed by atoms with Crippen LogP contribution in [0.1, 0.15) is 33.6 Å². The first-order valence-corrected chi connectivity index (χ1v) is 4.91. The van der Waals surface area contributed by atoms with E-state index >= 15 is 0 Å². The maximum Gasteiger partial charge on any atom is 0.0267 e. The highest BCUT2D eigenvalue weighted by Gasteiger charge is 2.41. The summed E-state index contributed by atoms with van der Waals surface area (Å²) in [5.74, 6) is 0.728. The average molecular weight is 167 g/mol. The largest absolute Gasteiger partial charge is 0.296 e. The Hall–Kier alpha value is -0.300. The van der Waals surface area contributed by atoms with Gasteiger partial charge in [0.25, 0.3) is 0 Å². The van der Waals surface area contributed by atoms with Crippen LogP contribution in [0.15, 0.2) is 12.2 Å². The molecular formula is C11H21N. The average Bonchev–Trinajstić information content (AvgIpc) is 2.26. The van der Waals surface area contributed by atoms with Gasteiger partial charge in [0.15, 0.2) is 0 Å². The third-order valence-corrected chi connectivity index (χ3v) is 3.46. The van der Waals surface area contributed by atoms with Crippen LogP contribution in [0, 0.1) is 5.92 Å². The van der Waals surface area contributed by atoms with Gasteiger partial charge in [-0.3, -0.25) is 4.90 Å². The SMILES string of the molecule is C=C1CN(C)C(CC)(C(C)C)C1. The Labute approximate surface area is 76.5 Å². The molecule has 70 valence electrons. The van der Waals surface area contributed by atoms with Gasteiger partial charge in [0, 0.05) is 12.1 Å². The Kier molecular flexibility index (Phi) is 2.62. The molecule has 0 aliphatic carbocycles. The first kappa shape index (κ1) is 9.79. The number of nitrogens with zero attached hydrogens (tertiary/aromatic N) is 1. The first-order chi connectivity index (χ1) is 5.53. The van der Waals surface area contributed by atoms with Crippen LogP contribution in [0.2, 0.25) is 0 Å². The van der Waals surface area contributed by atoms with E-state index < -0.39 is 0 Å². The summed E-state index contributed by atoms with van der Waals surface area (Å²) in [5, 5.41) is 0. The van der Waals surface area contributed by atoms with Gasteiger partial charge < -0.3 is 0 Å². The minimum atomic E-state index is 0.400. The van der Waals surface area contributed by atoms with E-state index in [-0.39, 0.29) is 0 Å². The number of likely N-dealkylation sites (tertiary alicyclic amines) is 1. The zero-order valence-corrected chi connectivity index (χ0v) is 8.85. The van der Waals surface area contributed by atoms with Crippen molar-refractivity contribution in [2.75, 3.05) is 13.6 Å². The third kappa shape index (κ3) is 1.31. The van der Waals surface area contributed by atoms with E-state index in [2.05, 4.69) is 39.3 Å². The molecule has 1 nitrogen and oxygen atoms in total. The molecule has 0 amide bonds. The molecule has 1 aliphatic rings. The fraction of sp³-hybridized carbons (Fsp3) is 0.818. The van der Waals surface area contributed by atoms with Crippen LogP contribution in [-0.4, -0.2) is 24.0 Å². The summed E-state index contributed by atoms with van der Waals surface area (Å²) in [4.78, 5) is 2.47. The first-order valence-electron chi connectivity index (χ1n) is 4.91. The molecule has 0 N–H and O–H groups in total. The second-order valence-corrected chi connectivity index (χ2v) is 4.39. The molecule has 1 saturated heterocycles. The van der Waals surface area contributed by atoms with Crippen molar-refractivity contribution in [3.05, 3.63) is 12.2 Å². The minimum Gasteiger partial charge on any atom is -0.296 e. The van der Waals surface area contributed by atoms with E-state index in [0.717, 1.165) is 12.5 Å². The summed E-state index contributed by atoms with van der Waals surface area (Å²) < 4.78 is 0. The van der Waals surface area contributed by atoms with Crippen LogP contribution < -0.4 is 0 Å². The molecule has 1 unspecified atom stereocenters. The van der Waals surface area contributed by atoms with Crippen molar-refractivity contribution in [2.45, 2.75) is 39.2 Å². The lowest BCUT2D eigenvalue weighted by Crippen LogP contribution is -2.45. The Bertz CT molecular complexity index is 183. The quantitative estimate of drug-likeness (QED) is 0.572. The van der Waals surface area contributed by atoms with Gasteiger partial charge in [-0.15, -0.1) is 0 Å². The summed E-state index contributed by atoms with van der Waals surface area (Å²) >= 11 is 0. The molecule has 1 rings (SSSR count). The second-order valence-electron chi connectivity index (χ2n) is 4.39. The molecule has 0 radical (unpaired) electrons. The van der Waals surface area contributed by atoms with Gasteiger partial charge in [0.05, 0.1) is 0 Å². The maximum absolute atomic E-state index is 4.09. The standard InChI is InChI=1S/C11H21N/c1-6-11(9(2)3)7-10(4)8-12(11)5/h9H,4,6-8H2,1-3,5H3. The van der Waals surface area contributed by atoms with Gasteiger partial charge in [0.1, 0.15) is 0 Å². The maximum atomic E-state index is 4.09. The molecular weight excluding hydrogens is 146 g/mol. The normalized spacial score (nSPS) is 31.9. The molecule has 1 heterocycles. The van der Waals surface area contributed by atoms with Crippen LogP contribution in [0.3, 0.4) is 0 Å². The number of hydrogen-bond acceptors (Lipinski definition) is 1. The van der Waals surface area contributed by atoms with Crippen molar-refractivity contribution >= 4 is 0 Å². The van der Waals surface area contributed by atoms with Gasteiger partial charge in [-0.2, -0.15) is 0 Å². The highest BCUT2D eigenvalue weighted by Crippen LogP contribution is 2.39. The fourth-order valence-electron chi connectivity index (χ4n) is 2.56. The van der Waals surface area contributed by atoms with Crippen molar-refractivity contribution in [3.8, 4) is 0 Å². The zero-order chi connectivity index (χ0) is 9.35. The Morgan fingerprint density at radius 1 is 1.58 bits per heavy atom. The van der Waals surface area contributed by atoms with E-state index in [1.807, 2.05) is 0 Å². The lowest BCUT2D eigenvalue weighted by atomic mass is 9.81. The Morgan fingerprint density at radius 3 is 2.33 bits per heavy atom. The van der Waals surface area contributed by atoms with Crippen molar-refractivity contribution < 1.29 is 0 Å². The molecule has 1 aliphatic heterocycles.